The van der Waals surface area contributed by atoms with Crippen LogP contribution in [0, 0.1) is 0 Å². The Hall–Kier alpha value is -1.91. The fourth-order valence-electron chi connectivity index (χ4n) is 3.02. The number of hydrogen-bond donors (Lipinski definition) is 0. The molecule has 3 aromatic rings. The van der Waals surface area contributed by atoms with E-state index in [1.54, 1.807) is 6.07 Å². The summed E-state index contributed by atoms with van der Waals surface area (Å²) in [5.41, 5.74) is 1.75. The Balaban J connectivity index is 1.80. The van der Waals surface area contributed by atoms with E-state index in [1.165, 1.54) is 0 Å². The molecule has 1 aromatic carbocycles. The SMILES string of the molecule is Cn1c(-c2ccc(Cl)cc2Cl)nnc1C1(c2ccccn2)CC1. The average Bonchev–Trinajstić information content (AvgIpc) is 3.27. The smallest absolute Gasteiger partial charge is 0.165 e. The Kier molecular flexibility index (Phi) is 3.39. The van der Waals surface area contributed by atoms with E-state index in [2.05, 4.69) is 21.2 Å². The molecule has 2 heterocycles. The van der Waals surface area contributed by atoms with Gasteiger partial charge in [0.1, 0.15) is 5.82 Å². The summed E-state index contributed by atoms with van der Waals surface area (Å²) < 4.78 is 2.01. The summed E-state index contributed by atoms with van der Waals surface area (Å²) in [6.45, 7) is 0. The Morgan fingerprint density at radius 1 is 1.09 bits per heavy atom. The molecule has 0 bridgehead atoms. The third kappa shape index (κ3) is 2.33. The molecule has 2 aromatic heterocycles. The molecule has 4 rings (SSSR count). The minimum Gasteiger partial charge on any atom is -0.313 e. The van der Waals surface area contributed by atoms with Crippen molar-refractivity contribution in [3.8, 4) is 11.4 Å². The van der Waals surface area contributed by atoms with Crippen LogP contribution in [-0.4, -0.2) is 19.7 Å². The van der Waals surface area contributed by atoms with Gasteiger partial charge in [0, 0.05) is 23.8 Å². The van der Waals surface area contributed by atoms with Gasteiger partial charge < -0.3 is 4.57 Å². The fraction of sp³-hybridized carbons (Fsp3) is 0.235. The average molecular weight is 345 g/mol. The summed E-state index contributed by atoms with van der Waals surface area (Å²) in [6, 6.07) is 11.4. The van der Waals surface area contributed by atoms with E-state index in [4.69, 9.17) is 23.2 Å². The quantitative estimate of drug-likeness (QED) is 0.712. The highest BCUT2D eigenvalue weighted by Gasteiger charge is 2.51. The van der Waals surface area contributed by atoms with E-state index in [-0.39, 0.29) is 5.41 Å². The van der Waals surface area contributed by atoms with Crippen LogP contribution in [0.3, 0.4) is 0 Å². The van der Waals surface area contributed by atoms with Crippen molar-refractivity contribution in [1.29, 1.82) is 0 Å². The van der Waals surface area contributed by atoms with Gasteiger partial charge in [-0.05, 0) is 43.2 Å². The van der Waals surface area contributed by atoms with Crippen LogP contribution in [0.1, 0.15) is 24.4 Å². The maximum Gasteiger partial charge on any atom is 0.165 e. The molecule has 0 amide bonds. The highest BCUT2D eigenvalue weighted by Crippen LogP contribution is 2.52. The van der Waals surface area contributed by atoms with Gasteiger partial charge in [-0.3, -0.25) is 4.98 Å². The third-order valence-electron chi connectivity index (χ3n) is 4.38. The first-order chi connectivity index (χ1) is 11.1. The maximum absolute atomic E-state index is 6.31. The molecule has 1 fully saturated rings. The van der Waals surface area contributed by atoms with Crippen LogP contribution in [-0.2, 0) is 12.5 Å². The van der Waals surface area contributed by atoms with E-state index in [9.17, 15) is 0 Å². The molecule has 0 saturated heterocycles. The molecule has 0 spiro atoms. The molecule has 6 heteroatoms. The Labute approximate surface area is 144 Å². The number of rotatable bonds is 3. The van der Waals surface area contributed by atoms with Crippen molar-refractivity contribution < 1.29 is 0 Å². The molecule has 0 radical (unpaired) electrons. The first-order valence-electron chi connectivity index (χ1n) is 7.39. The van der Waals surface area contributed by atoms with E-state index in [0.29, 0.717) is 10.0 Å². The summed E-state index contributed by atoms with van der Waals surface area (Å²) in [7, 11) is 1.97. The third-order valence-corrected chi connectivity index (χ3v) is 4.93. The summed E-state index contributed by atoms with van der Waals surface area (Å²) >= 11 is 12.3. The lowest BCUT2D eigenvalue weighted by Gasteiger charge is -2.14. The molecule has 0 atom stereocenters. The monoisotopic (exact) mass is 344 g/mol. The zero-order chi connectivity index (χ0) is 16.0. The van der Waals surface area contributed by atoms with Crippen LogP contribution in [0.25, 0.3) is 11.4 Å². The van der Waals surface area contributed by atoms with Gasteiger partial charge in [-0.25, -0.2) is 0 Å². The Bertz CT molecular complexity index is 870. The molecule has 0 N–H and O–H groups in total. The van der Waals surface area contributed by atoms with Crippen LogP contribution in [0.15, 0.2) is 42.6 Å². The number of hydrogen-bond acceptors (Lipinski definition) is 3. The summed E-state index contributed by atoms with van der Waals surface area (Å²) in [6.07, 6.45) is 3.89. The Morgan fingerprint density at radius 2 is 1.91 bits per heavy atom. The van der Waals surface area contributed by atoms with Crippen molar-refractivity contribution in [3.05, 3.63) is 64.2 Å². The predicted octanol–water partition coefficient (Wildman–Crippen LogP) is 4.26. The van der Waals surface area contributed by atoms with Crippen molar-refractivity contribution in [2.45, 2.75) is 18.3 Å². The zero-order valence-corrected chi connectivity index (χ0v) is 14.0. The number of benzene rings is 1. The highest BCUT2D eigenvalue weighted by atomic mass is 35.5. The lowest BCUT2D eigenvalue weighted by atomic mass is 10.0. The van der Waals surface area contributed by atoms with Crippen molar-refractivity contribution in [2.75, 3.05) is 0 Å². The minimum absolute atomic E-state index is 0.125. The van der Waals surface area contributed by atoms with Gasteiger partial charge in [-0.15, -0.1) is 10.2 Å². The molecule has 1 aliphatic carbocycles. The van der Waals surface area contributed by atoms with E-state index in [1.807, 2.05) is 42.1 Å². The van der Waals surface area contributed by atoms with Gasteiger partial charge in [0.15, 0.2) is 5.82 Å². The van der Waals surface area contributed by atoms with Gasteiger partial charge in [-0.1, -0.05) is 29.3 Å². The Morgan fingerprint density at radius 3 is 2.57 bits per heavy atom. The van der Waals surface area contributed by atoms with Crippen LogP contribution in [0.4, 0.5) is 0 Å². The summed E-state index contributed by atoms with van der Waals surface area (Å²) in [5.74, 6) is 1.67. The molecule has 4 nitrogen and oxygen atoms in total. The van der Waals surface area contributed by atoms with Gasteiger partial charge >= 0.3 is 0 Å². The summed E-state index contributed by atoms with van der Waals surface area (Å²) in [5, 5.41) is 9.99. The van der Waals surface area contributed by atoms with Crippen LogP contribution >= 0.6 is 23.2 Å². The minimum atomic E-state index is -0.125. The number of pyridine rings is 1. The van der Waals surface area contributed by atoms with E-state index in [0.717, 1.165) is 35.7 Å². The second-order valence-electron chi connectivity index (χ2n) is 5.83. The lowest BCUT2D eigenvalue weighted by Crippen LogP contribution is -2.16. The first kappa shape index (κ1) is 14.7. The molecule has 23 heavy (non-hydrogen) atoms. The molecule has 0 unspecified atom stereocenters. The number of nitrogens with zero attached hydrogens (tertiary/aromatic N) is 4. The molecule has 116 valence electrons. The highest BCUT2D eigenvalue weighted by molar-refractivity contribution is 6.36. The van der Waals surface area contributed by atoms with Crippen molar-refractivity contribution >= 4 is 23.2 Å². The summed E-state index contributed by atoms with van der Waals surface area (Å²) in [4.78, 5) is 4.52. The topological polar surface area (TPSA) is 43.6 Å². The molecule has 1 aliphatic rings. The molecule has 0 aliphatic heterocycles. The van der Waals surface area contributed by atoms with Crippen molar-refractivity contribution in [1.82, 2.24) is 19.7 Å². The zero-order valence-electron chi connectivity index (χ0n) is 12.5. The number of aromatic nitrogens is 4. The largest absolute Gasteiger partial charge is 0.313 e. The van der Waals surface area contributed by atoms with Crippen LogP contribution in [0.5, 0.6) is 0 Å². The van der Waals surface area contributed by atoms with Gasteiger partial charge in [-0.2, -0.15) is 0 Å². The molecule has 1 saturated carbocycles. The van der Waals surface area contributed by atoms with Gasteiger partial charge in [0.25, 0.3) is 0 Å². The number of halogens is 2. The van der Waals surface area contributed by atoms with Crippen LogP contribution in [0.2, 0.25) is 10.0 Å². The lowest BCUT2D eigenvalue weighted by molar-refractivity contribution is 0.675. The maximum atomic E-state index is 6.31. The van der Waals surface area contributed by atoms with E-state index < -0.39 is 0 Å². The van der Waals surface area contributed by atoms with Crippen molar-refractivity contribution in [2.24, 2.45) is 7.05 Å². The molecular formula is C17H14Cl2N4. The van der Waals surface area contributed by atoms with Gasteiger partial charge in [0.2, 0.25) is 0 Å². The van der Waals surface area contributed by atoms with Gasteiger partial charge in [0.05, 0.1) is 16.1 Å². The first-order valence-corrected chi connectivity index (χ1v) is 8.14. The van der Waals surface area contributed by atoms with E-state index >= 15 is 0 Å². The normalized spacial score (nSPS) is 15.6. The fourth-order valence-corrected chi connectivity index (χ4v) is 3.51. The molecular weight excluding hydrogens is 331 g/mol. The second-order valence-corrected chi connectivity index (χ2v) is 6.67. The predicted molar refractivity (Wildman–Crippen MR) is 90.7 cm³/mol. The standard InChI is InChI=1S/C17H14Cl2N4/c1-23-15(12-6-5-11(18)10-13(12)19)21-22-16(23)17(7-8-17)14-4-2-3-9-20-14/h2-6,9-10H,7-8H2,1H3. The van der Waals surface area contributed by atoms with Crippen LogP contribution < -0.4 is 0 Å². The van der Waals surface area contributed by atoms with Crippen molar-refractivity contribution in [3.63, 3.8) is 0 Å². The second kappa shape index (κ2) is 5.32.